The lowest BCUT2D eigenvalue weighted by molar-refractivity contribution is 0.922. The van der Waals surface area contributed by atoms with Crippen molar-refractivity contribution in [3.8, 4) is 0 Å². The molecule has 0 bridgehead atoms. The average Bonchev–Trinajstić information content (AvgIpc) is 2.01. The van der Waals surface area contributed by atoms with E-state index < -0.39 is 0 Å². The van der Waals surface area contributed by atoms with Gasteiger partial charge in [-0.2, -0.15) is 25.3 Å². The van der Waals surface area contributed by atoms with E-state index in [9.17, 15) is 0 Å². The van der Waals surface area contributed by atoms with Gasteiger partial charge in [-0.25, -0.2) is 0 Å². The van der Waals surface area contributed by atoms with Crippen LogP contribution in [-0.2, 0) is 12.8 Å². The van der Waals surface area contributed by atoms with E-state index in [1.807, 2.05) is 0 Å². The summed E-state index contributed by atoms with van der Waals surface area (Å²) >= 11 is 8.80. The van der Waals surface area contributed by atoms with Crippen molar-refractivity contribution in [3.05, 3.63) is 35.4 Å². The van der Waals surface area contributed by atoms with E-state index >= 15 is 0 Å². The first-order valence-corrected chi connectivity index (χ1v) is 6.05. The molecule has 0 saturated heterocycles. The van der Waals surface area contributed by atoms with Crippen LogP contribution in [0.2, 0.25) is 0 Å². The Labute approximate surface area is 97.9 Å². The van der Waals surface area contributed by atoms with Gasteiger partial charge in [0, 0.05) is 10.5 Å². The molecule has 14 heavy (non-hydrogen) atoms. The van der Waals surface area contributed by atoms with E-state index in [1.165, 1.54) is 11.1 Å². The van der Waals surface area contributed by atoms with Gasteiger partial charge in [0.1, 0.15) is 0 Å². The molecule has 0 aromatic heterocycles. The smallest absolute Gasteiger partial charge is 0.00288 e. The summed E-state index contributed by atoms with van der Waals surface area (Å²) in [5.41, 5.74) is 2.75. The third-order valence-electron chi connectivity index (χ3n) is 2.05. The van der Waals surface area contributed by atoms with Crippen molar-refractivity contribution in [3.63, 3.8) is 0 Å². The second-order valence-electron chi connectivity index (χ2n) is 3.93. The molecule has 0 saturated carbocycles. The van der Waals surface area contributed by atoms with Gasteiger partial charge >= 0.3 is 0 Å². The molecule has 0 N–H and O–H groups in total. The third-order valence-corrected chi connectivity index (χ3v) is 2.42. The highest BCUT2D eigenvalue weighted by molar-refractivity contribution is 7.81. The van der Waals surface area contributed by atoms with Crippen molar-refractivity contribution in [2.24, 2.45) is 0 Å². The third kappa shape index (κ3) is 4.43. The maximum absolute atomic E-state index is 4.40. The molecule has 1 aromatic carbocycles. The van der Waals surface area contributed by atoms with Gasteiger partial charge in [0.05, 0.1) is 0 Å². The van der Waals surface area contributed by atoms with Crippen LogP contribution in [0.1, 0.15) is 25.0 Å². The quantitative estimate of drug-likeness (QED) is 0.722. The second kappa shape index (κ2) is 5.72. The standard InChI is InChI=1S/C12H18S2/c1-9(13)6-11-4-3-5-12(8-11)7-10(2)14/h3-5,8-10,13-14H,6-7H2,1-2H3. The Morgan fingerprint density at radius 2 is 1.43 bits per heavy atom. The first-order chi connectivity index (χ1) is 6.58. The van der Waals surface area contributed by atoms with Gasteiger partial charge in [0.25, 0.3) is 0 Å². The minimum absolute atomic E-state index is 0.429. The van der Waals surface area contributed by atoms with Gasteiger partial charge in [-0.05, 0) is 24.0 Å². The van der Waals surface area contributed by atoms with Gasteiger partial charge in [0.15, 0.2) is 0 Å². The number of rotatable bonds is 4. The van der Waals surface area contributed by atoms with E-state index in [-0.39, 0.29) is 0 Å². The summed E-state index contributed by atoms with van der Waals surface area (Å²) in [6.07, 6.45) is 2.08. The Balaban J connectivity index is 2.68. The fourth-order valence-corrected chi connectivity index (χ4v) is 1.99. The molecule has 0 aliphatic carbocycles. The van der Waals surface area contributed by atoms with Crippen LogP contribution in [0, 0.1) is 0 Å². The predicted octanol–water partition coefficient (Wildman–Crippen LogP) is 3.41. The zero-order chi connectivity index (χ0) is 10.6. The molecular formula is C12H18S2. The fourth-order valence-electron chi connectivity index (χ4n) is 1.57. The van der Waals surface area contributed by atoms with Crippen molar-refractivity contribution >= 4 is 25.3 Å². The zero-order valence-corrected chi connectivity index (χ0v) is 10.6. The zero-order valence-electron chi connectivity index (χ0n) is 8.77. The Morgan fingerprint density at radius 1 is 1.00 bits per heavy atom. The molecule has 0 radical (unpaired) electrons. The van der Waals surface area contributed by atoms with E-state index in [0.717, 1.165) is 12.8 Å². The van der Waals surface area contributed by atoms with Gasteiger partial charge in [-0.3, -0.25) is 0 Å². The summed E-state index contributed by atoms with van der Waals surface area (Å²) < 4.78 is 0. The molecule has 0 heterocycles. The fraction of sp³-hybridized carbons (Fsp3) is 0.500. The van der Waals surface area contributed by atoms with Crippen molar-refractivity contribution < 1.29 is 0 Å². The van der Waals surface area contributed by atoms with E-state index in [4.69, 9.17) is 0 Å². The molecule has 0 nitrogen and oxygen atoms in total. The highest BCUT2D eigenvalue weighted by atomic mass is 32.1. The number of hydrogen-bond donors (Lipinski definition) is 2. The van der Waals surface area contributed by atoms with Crippen LogP contribution in [0.3, 0.4) is 0 Å². The van der Waals surface area contributed by atoms with E-state index in [1.54, 1.807) is 0 Å². The summed E-state index contributed by atoms with van der Waals surface area (Å²) in [5.74, 6) is 0. The van der Waals surface area contributed by atoms with Gasteiger partial charge in [0.2, 0.25) is 0 Å². The molecule has 0 aliphatic heterocycles. The van der Waals surface area contributed by atoms with Crippen molar-refractivity contribution in [1.29, 1.82) is 0 Å². The summed E-state index contributed by atoms with van der Waals surface area (Å²) in [6.45, 7) is 4.24. The molecule has 0 aliphatic rings. The lowest BCUT2D eigenvalue weighted by atomic mass is 10.0. The van der Waals surface area contributed by atoms with E-state index in [0.29, 0.717) is 10.5 Å². The molecule has 2 heteroatoms. The summed E-state index contributed by atoms with van der Waals surface area (Å²) in [5, 5.41) is 0.859. The maximum atomic E-state index is 4.40. The Bertz CT molecular complexity index is 254. The highest BCUT2D eigenvalue weighted by Gasteiger charge is 2.01. The minimum atomic E-state index is 0.429. The number of hydrogen-bond acceptors (Lipinski definition) is 2. The summed E-state index contributed by atoms with van der Waals surface area (Å²) in [4.78, 5) is 0. The van der Waals surface area contributed by atoms with Crippen LogP contribution >= 0.6 is 25.3 Å². The minimum Gasteiger partial charge on any atom is -0.176 e. The van der Waals surface area contributed by atoms with Crippen LogP contribution in [0.5, 0.6) is 0 Å². The Hall–Kier alpha value is -0.0800. The molecule has 2 unspecified atom stereocenters. The van der Waals surface area contributed by atoms with Crippen LogP contribution in [0.15, 0.2) is 24.3 Å². The maximum Gasteiger partial charge on any atom is 0.00288 e. The van der Waals surface area contributed by atoms with Crippen molar-refractivity contribution in [1.82, 2.24) is 0 Å². The SMILES string of the molecule is CC(S)Cc1cccc(CC(C)S)c1. The van der Waals surface area contributed by atoms with Crippen LogP contribution in [-0.4, -0.2) is 10.5 Å². The lowest BCUT2D eigenvalue weighted by Gasteiger charge is -2.08. The van der Waals surface area contributed by atoms with Crippen molar-refractivity contribution in [2.45, 2.75) is 37.2 Å². The molecule has 0 spiro atoms. The van der Waals surface area contributed by atoms with Crippen molar-refractivity contribution in [2.75, 3.05) is 0 Å². The first kappa shape index (κ1) is 12.0. The van der Waals surface area contributed by atoms with Gasteiger partial charge in [-0.1, -0.05) is 38.1 Å². The molecule has 1 aromatic rings. The second-order valence-corrected chi connectivity index (χ2v) is 5.69. The lowest BCUT2D eigenvalue weighted by Crippen LogP contribution is -2.01. The normalized spacial score (nSPS) is 15.1. The number of benzene rings is 1. The largest absolute Gasteiger partial charge is 0.176 e. The monoisotopic (exact) mass is 226 g/mol. The van der Waals surface area contributed by atoms with Crippen LogP contribution in [0.25, 0.3) is 0 Å². The van der Waals surface area contributed by atoms with Crippen LogP contribution < -0.4 is 0 Å². The molecule has 2 atom stereocenters. The summed E-state index contributed by atoms with van der Waals surface area (Å²) in [6, 6.07) is 8.72. The number of thiol groups is 2. The topological polar surface area (TPSA) is 0 Å². The Kier molecular flexibility index (Phi) is 4.90. The highest BCUT2D eigenvalue weighted by Crippen LogP contribution is 2.13. The van der Waals surface area contributed by atoms with Gasteiger partial charge in [-0.15, -0.1) is 0 Å². The molecule has 0 amide bonds. The summed E-state index contributed by atoms with van der Waals surface area (Å²) in [7, 11) is 0. The van der Waals surface area contributed by atoms with Gasteiger partial charge < -0.3 is 0 Å². The molecule has 0 fully saturated rings. The predicted molar refractivity (Wildman–Crippen MR) is 70.7 cm³/mol. The first-order valence-electron chi connectivity index (χ1n) is 5.02. The molecule has 1 rings (SSSR count). The van der Waals surface area contributed by atoms with Crippen LogP contribution in [0.4, 0.5) is 0 Å². The molecule has 78 valence electrons. The van der Waals surface area contributed by atoms with E-state index in [2.05, 4.69) is 63.4 Å². The Morgan fingerprint density at radius 3 is 1.79 bits per heavy atom. The molecular weight excluding hydrogens is 208 g/mol. The average molecular weight is 226 g/mol.